The Morgan fingerprint density at radius 2 is 2.26 bits per heavy atom. The largest absolute Gasteiger partial charge is 0.319 e. The second-order valence-electron chi connectivity index (χ2n) is 4.63. The summed E-state index contributed by atoms with van der Waals surface area (Å²) in [6.45, 7) is 1.58. The number of hydrogen-bond acceptors (Lipinski definition) is 3. The van der Waals surface area contributed by atoms with Gasteiger partial charge in [-0.3, -0.25) is 0 Å². The maximum atomic E-state index is 13.8. The van der Waals surface area contributed by atoms with E-state index in [1.54, 1.807) is 0 Å². The molecule has 4 nitrogen and oxygen atoms in total. The summed E-state index contributed by atoms with van der Waals surface area (Å²) in [4.78, 5) is -0.342. The highest BCUT2D eigenvalue weighted by atomic mass is 35.5. The van der Waals surface area contributed by atoms with Gasteiger partial charge in [0.2, 0.25) is 10.0 Å². The van der Waals surface area contributed by atoms with Gasteiger partial charge in [-0.15, -0.1) is 0 Å². The van der Waals surface area contributed by atoms with E-state index in [1.165, 1.54) is 22.5 Å². The molecule has 19 heavy (non-hydrogen) atoms. The molecule has 1 saturated heterocycles. The third kappa shape index (κ3) is 2.91. The van der Waals surface area contributed by atoms with Gasteiger partial charge in [0, 0.05) is 13.1 Å². The van der Waals surface area contributed by atoms with Crippen LogP contribution in [-0.4, -0.2) is 39.4 Å². The minimum atomic E-state index is -3.80. The van der Waals surface area contributed by atoms with Crippen molar-refractivity contribution < 1.29 is 12.8 Å². The molecule has 0 amide bonds. The predicted octanol–water partition coefficient (Wildman–Crippen LogP) is 1.71. The zero-order chi connectivity index (χ0) is 14.0. The molecule has 1 aromatic rings. The molecule has 0 bridgehead atoms. The molecule has 2 rings (SSSR count). The van der Waals surface area contributed by atoms with Gasteiger partial charge in [-0.2, -0.15) is 4.31 Å². The predicted molar refractivity (Wildman–Crippen MR) is 72.2 cm³/mol. The van der Waals surface area contributed by atoms with Crippen molar-refractivity contribution in [1.29, 1.82) is 0 Å². The monoisotopic (exact) mass is 306 g/mol. The Labute approximate surface area is 117 Å². The Kier molecular flexibility index (Phi) is 4.45. The fourth-order valence-electron chi connectivity index (χ4n) is 2.29. The third-order valence-electron chi connectivity index (χ3n) is 3.28. The molecule has 1 aromatic carbocycles. The van der Waals surface area contributed by atoms with Gasteiger partial charge in [-0.25, -0.2) is 12.8 Å². The van der Waals surface area contributed by atoms with Crippen molar-refractivity contribution in [2.24, 2.45) is 5.92 Å². The molecule has 0 saturated carbocycles. The van der Waals surface area contributed by atoms with E-state index >= 15 is 0 Å². The van der Waals surface area contributed by atoms with Gasteiger partial charge in [0.15, 0.2) is 5.82 Å². The summed E-state index contributed by atoms with van der Waals surface area (Å²) in [5.74, 6) is -0.608. The van der Waals surface area contributed by atoms with Crippen molar-refractivity contribution in [1.82, 2.24) is 9.62 Å². The molecule has 1 N–H and O–H groups in total. The maximum Gasteiger partial charge on any atom is 0.246 e. The van der Waals surface area contributed by atoms with Crippen LogP contribution in [0.2, 0.25) is 5.02 Å². The van der Waals surface area contributed by atoms with Crippen molar-refractivity contribution >= 4 is 21.6 Å². The van der Waals surface area contributed by atoms with Gasteiger partial charge in [0.05, 0.1) is 5.02 Å². The van der Waals surface area contributed by atoms with Crippen molar-refractivity contribution in [2.75, 3.05) is 26.7 Å². The second-order valence-corrected chi connectivity index (χ2v) is 6.94. The van der Waals surface area contributed by atoms with Crippen LogP contribution in [0.15, 0.2) is 23.1 Å². The standard InChI is InChI=1S/C12H16ClFN2O2S/c1-15-7-9-5-6-16(8-9)19(17,18)11-4-2-3-10(13)12(11)14/h2-4,9,15H,5-8H2,1H3. The Balaban J connectivity index is 2.26. The van der Waals surface area contributed by atoms with E-state index in [0.29, 0.717) is 13.1 Å². The van der Waals surface area contributed by atoms with Crippen molar-refractivity contribution in [2.45, 2.75) is 11.3 Å². The summed E-state index contributed by atoms with van der Waals surface area (Å²) in [5, 5.41) is 2.85. The minimum absolute atomic E-state index is 0.174. The molecule has 1 fully saturated rings. The summed E-state index contributed by atoms with van der Waals surface area (Å²) in [7, 11) is -1.97. The van der Waals surface area contributed by atoms with E-state index in [0.717, 1.165) is 13.0 Å². The van der Waals surface area contributed by atoms with Crippen LogP contribution in [-0.2, 0) is 10.0 Å². The van der Waals surface area contributed by atoms with Crippen molar-refractivity contribution in [3.8, 4) is 0 Å². The van der Waals surface area contributed by atoms with Gasteiger partial charge in [-0.05, 0) is 38.1 Å². The molecule has 106 valence electrons. The normalized spacial score (nSPS) is 20.9. The number of halogens is 2. The zero-order valence-corrected chi connectivity index (χ0v) is 12.1. The first-order chi connectivity index (χ1) is 8.96. The summed E-state index contributed by atoms with van der Waals surface area (Å²) in [6.07, 6.45) is 0.780. The highest BCUT2D eigenvalue weighted by molar-refractivity contribution is 7.89. The number of nitrogens with zero attached hydrogens (tertiary/aromatic N) is 1. The molecule has 1 aliphatic heterocycles. The summed E-state index contributed by atoms with van der Waals surface area (Å²) < 4.78 is 39.9. The number of nitrogens with one attached hydrogen (secondary N) is 1. The lowest BCUT2D eigenvalue weighted by molar-refractivity contribution is 0.446. The SMILES string of the molecule is CNCC1CCN(S(=O)(=O)c2cccc(Cl)c2F)C1. The lowest BCUT2D eigenvalue weighted by atomic mass is 10.1. The minimum Gasteiger partial charge on any atom is -0.319 e. The molecule has 1 unspecified atom stereocenters. The zero-order valence-electron chi connectivity index (χ0n) is 10.6. The van der Waals surface area contributed by atoms with Gasteiger partial charge < -0.3 is 5.32 Å². The molecule has 0 radical (unpaired) electrons. The number of rotatable bonds is 4. The quantitative estimate of drug-likeness (QED) is 0.921. The molecule has 1 atom stereocenters. The molecule has 0 spiro atoms. The topological polar surface area (TPSA) is 49.4 Å². The van der Waals surface area contributed by atoms with E-state index in [2.05, 4.69) is 5.32 Å². The average Bonchev–Trinajstić information content (AvgIpc) is 2.82. The fourth-order valence-corrected chi connectivity index (χ4v) is 4.14. The second kappa shape index (κ2) is 5.75. The van der Waals surface area contributed by atoms with Crippen molar-refractivity contribution in [3.63, 3.8) is 0 Å². The van der Waals surface area contributed by atoms with Gasteiger partial charge in [0.25, 0.3) is 0 Å². The van der Waals surface area contributed by atoms with E-state index < -0.39 is 15.8 Å². The van der Waals surface area contributed by atoms with Crippen LogP contribution < -0.4 is 5.32 Å². The molecule has 1 aliphatic rings. The van der Waals surface area contributed by atoms with Crippen LogP contribution in [0.1, 0.15) is 6.42 Å². The lowest BCUT2D eigenvalue weighted by Gasteiger charge is -2.17. The van der Waals surface area contributed by atoms with Crippen LogP contribution in [0, 0.1) is 11.7 Å². The first kappa shape index (κ1) is 14.7. The first-order valence-electron chi connectivity index (χ1n) is 6.05. The third-order valence-corrected chi connectivity index (χ3v) is 5.45. The lowest BCUT2D eigenvalue weighted by Crippen LogP contribution is -2.31. The van der Waals surface area contributed by atoms with Gasteiger partial charge in [-0.1, -0.05) is 17.7 Å². The van der Waals surface area contributed by atoms with Crippen molar-refractivity contribution in [3.05, 3.63) is 29.0 Å². The molecule has 7 heteroatoms. The fraction of sp³-hybridized carbons (Fsp3) is 0.500. The number of sulfonamides is 1. The molecule has 1 heterocycles. The van der Waals surface area contributed by atoms with Crippen LogP contribution in [0.25, 0.3) is 0 Å². The van der Waals surface area contributed by atoms with E-state index in [4.69, 9.17) is 11.6 Å². The number of benzene rings is 1. The van der Waals surface area contributed by atoms with E-state index in [1.807, 2.05) is 7.05 Å². The van der Waals surface area contributed by atoms with Crippen LogP contribution in [0.5, 0.6) is 0 Å². The van der Waals surface area contributed by atoms with Gasteiger partial charge in [0.1, 0.15) is 4.90 Å². The van der Waals surface area contributed by atoms with E-state index in [-0.39, 0.29) is 15.8 Å². The molecule has 0 aromatic heterocycles. The first-order valence-corrected chi connectivity index (χ1v) is 7.87. The Morgan fingerprint density at radius 3 is 2.95 bits per heavy atom. The smallest absolute Gasteiger partial charge is 0.246 e. The Bertz CT molecular complexity index is 565. The molecule has 0 aliphatic carbocycles. The maximum absolute atomic E-state index is 13.8. The molecular weight excluding hydrogens is 291 g/mol. The van der Waals surface area contributed by atoms with Crippen LogP contribution in [0.3, 0.4) is 0 Å². The van der Waals surface area contributed by atoms with Crippen LogP contribution >= 0.6 is 11.6 Å². The summed E-state index contributed by atoms with van der Waals surface area (Å²) >= 11 is 5.64. The highest BCUT2D eigenvalue weighted by Crippen LogP contribution is 2.28. The Hall–Kier alpha value is -0.690. The summed E-state index contributed by atoms with van der Waals surface area (Å²) in [6, 6.07) is 4.03. The van der Waals surface area contributed by atoms with E-state index in [9.17, 15) is 12.8 Å². The summed E-state index contributed by atoms with van der Waals surface area (Å²) in [5.41, 5.74) is 0. The molecular formula is C12H16ClFN2O2S. The number of hydrogen-bond donors (Lipinski definition) is 1. The van der Waals surface area contributed by atoms with Gasteiger partial charge >= 0.3 is 0 Å². The highest BCUT2D eigenvalue weighted by Gasteiger charge is 2.34. The Morgan fingerprint density at radius 1 is 1.53 bits per heavy atom. The van der Waals surface area contributed by atoms with Crippen LogP contribution in [0.4, 0.5) is 4.39 Å². The average molecular weight is 307 g/mol.